The first-order valence-corrected chi connectivity index (χ1v) is 8.27. The molecule has 0 atom stereocenters. The lowest BCUT2D eigenvalue weighted by Gasteiger charge is -2.05. The normalized spacial score (nSPS) is 13.4. The van der Waals surface area contributed by atoms with Crippen molar-refractivity contribution in [2.75, 3.05) is 7.11 Å². The summed E-state index contributed by atoms with van der Waals surface area (Å²) in [5.74, 6) is -0.0645. The van der Waals surface area contributed by atoms with Crippen LogP contribution < -0.4 is 5.73 Å². The van der Waals surface area contributed by atoms with Gasteiger partial charge in [0, 0.05) is 12.4 Å². The molecule has 7 nitrogen and oxygen atoms in total. The summed E-state index contributed by atoms with van der Waals surface area (Å²) in [5.41, 5.74) is 7.91. The molecule has 8 heteroatoms. The largest absolute Gasteiger partial charge is 0.481 e. The Balaban J connectivity index is 2.57. The number of H-pyrrole nitrogens is 1. The van der Waals surface area contributed by atoms with Gasteiger partial charge in [0.2, 0.25) is 5.90 Å². The van der Waals surface area contributed by atoms with Crippen molar-refractivity contribution in [1.82, 2.24) is 9.97 Å². The number of allylic oxidation sites excluding steroid dienone is 1. The molecule has 2 aromatic rings. The number of ether oxygens (including phenoxy) is 1. The van der Waals surface area contributed by atoms with Crippen LogP contribution in [-0.4, -0.2) is 34.6 Å². The summed E-state index contributed by atoms with van der Waals surface area (Å²) in [7, 11) is 1.47. The summed E-state index contributed by atoms with van der Waals surface area (Å²) in [6.07, 6.45) is 9.00. The monoisotopic (exact) mass is 380 g/mol. The van der Waals surface area contributed by atoms with Gasteiger partial charge >= 0.3 is 0 Å². The molecule has 0 unspecified atom stereocenters. The van der Waals surface area contributed by atoms with Gasteiger partial charge in [0.15, 0.2) is 17.5 Å². The second-order valence-electron chi connectivity index (χ2n) is 5.34. The Morgan fingerprint density at radius 1 is 1.36 bits per heavy atom. The van der Waals surface area contributed by atoms with Crippen LogP contribution in [0.2, 0.25) is 0 Å². The van der Waals surface area contributed by atoms with E-state index in [1.165, 1.54) is 25.4 Å². The number of hydrogen-bond acceptors (Lipinski definition) is 4. The summed E-state index contributed by atoms with van der Waals surface area (Å²) in [6, 6.07) is 3.21. The third-order valence-corrected chi connectivity index (χ3v) is 3.54. The molecule has 0 aliphatic rings. The Hall–Kier alpha value is -3.81. The lowest BCUT2D eigenvalue weighted by atomic mass is 10.3. The molecule has 0 amide bonds. The van der Waals surface area contributed by atoms with Crippen molar-refractivity contribution in [2.24, 2.45) is 20.7 Å². The average Bonchev–Trinajstić information content (AvgIpc) is 3.19. The first-order chi connectivity index (χ1) is 13.5. The van der Waals surface area contributed by atoms with Gasteiger partial charge in [-0.25, -0.2) is 19.4 Å². The predicted molar refractivity (Wildman–Crippen MR) is 111 cm³/mol. The standard InChI is InChI=1S/C20H21FN6O/c1-5-13-10-17(24-11-13)20(26-16-8-9-23-12-14(16)21)27-19(22)15(6-2)25-18(7-3)28-4/h5-12,24H,1,3H2,2,4H3,(H2,22,23,26,27)/b15-6-,25-18?. The number of rotatable bonds is 6. The Morgan fingerprint density at radius 2 is 2.14 bits per heavy atom. The zero-order chi connectivity index (χ0) is 20.5. The van der Waals surface area contributed by atoms with Crippen LogP contribution in [0.4, 0.5) is 10.1 Å². The number of nitrogens with one attached hydrogen (secondary N) is 1. The molecule has 0 radical (unpaired) electrons. The molecule has 2 rings (SSSR count). The van der Waals surface area contributed by atoms with Crippen LogP contribution in [-0.2, 0) is 4.74 Å². The second kappa shape index (κ2) is 9.77. The Morgan fingerprint density at radius 3 is 2.71 bits per heavy atom. The van der Waals surface area contributed by atoms with Crippen LogP contribution in [0, 0.1) is 5.82 Å². The molecule has 0 saturated heterocycles. The van der Waals surface area contributed by atoms with Crippen molar-refractivity contribution in [3.63, 3.8) is 0 Å². The van der Waals surface area contributed by atoms with Gasteiger partial charge in [-0.05, 0) is 30.7 Å². The van der Waals surface area contributed by atoms with Gasteiger partial charge in [-0.3, -0.25) is 4.98 Å². The van der Waals surface area contributed by atoms with E-state index in [4.69, 9.17) is 10.5 Å². The van der Waals surface area contributed by atoms with Gasteiger partial charge in [0.05, 0.1) is 19.0 Å². The minimum atomic E-state index is -0.582. The van der Waals surface area contributed by atoms with Gasteiger partial charge in [0.1, 0.15) is 11.4 Å². The molecule has 2 aromatic heterocycles. The highest BCUT2D eigenvalue weighted by atomic mass is 19.1. The summed E-state index contributed by atoms with van der Waals surface area (Å²) < 4.78 is 19.1. The van der Waals surface area contributed by atoms with E-state index in [-0.39, 0.29) is 23.3 Å². The van der Waals surface area contributed by atoms with Crippen LogP contribution in [0.3, 0.4) is 0 Å². The van der Waals surface area contributed by atoms with E-state index in [1.54, 1.807) is 31.3 Å². The Kier molecular flexibility index (Phi) is 7.15. The first kappa shape index (κ1) is 20.5. The van der Waals surface area contributed by atoms with Crippen LogP contribution in [0.15, 0.2) is 76.7 Å². The van der Waals surface area contributed by atoms with E-state index in [0.717, 1.165) is 11.8 Å². The zero-order valence-electron chi connectivity index (χ0n) is 15.7. The maximum atomic E-state index is 14.0. The quantitative estimate of drug-likeness (QED) is 0.589. The fourth-order valence-electron chi connectivity index (χ4n) is 2.11. The highest BCUT2D eigenvalue weighted by Crippen LogP contribution is 2.18. The molecule has 0 bridgehead atoms. The van der Waals surface area contributed by atoms with Crippen molar-refractivity contribution >= 4 is 29.3 Å². The minimum absolute atomic E-state index is 0.0712. The Labute approximate surface area is 162 Å². The molecule has 3 N–H and O–H groups in total. The number of pyridine rings is 1. The molecular weight excluding hydrogens is 359 g/mol. The molecule has 0 aliphatic carbocycles. The van der Waals surface area contributed by atoms with Gasteiger partial charge in [0.25, 0.3) is 0 Å². The maximum Gasteiger partial charge on any atom is 0.212 e. The highest BCUT2D eigenvalue weighted by molar-refractivity contribution is 6.11. The fourth-order valence-corrected chi connectivity index (χ4v) is 2.11. The summed E-state index contributed by atoms with van der Waals surface area (Å²) in [4.78, 5) is 19.6. The van der Waals surface area contributed by atoms with E-state index in [9.17, 15) is 4.39 Å². The Bertz CT molecular complexity index is 984. The van der Waals surface area contributed by atoms with E-state index in [2.05, 4.69) is 38.1 Å². The van der Waals surface area contributed by atoms with Crippen molar-refractivity contribution in [3.05, 3.63) is 78.8 Å². The number of nitrogens with two attached hydrogens (primary N) is 1. The summed E-state index contributed by atoms with van der Waals surface area (Å²) in [5, 5.41) is 0. The van der Waals surface area contributed by atoms with Gasteiger partial charge < -0.3 is 15.5 Å². The van der Waals surface area contributed by atoms with Crippen LogP contribution in [0.1, 0.15) is 18.2 Å². The number of hydrogen-bond donors (Lipinski definition) is 2. The summed E-state index contributed by atoms with van der Waals surface area (Å²) in [6.45, 7) is 9.08. The molecule has 0 spiro atoms. The number of aromatic nitrogens is 2. The molecular formula is C20H21FN6O. The molecule has 0 fully saturated rings. The number of aliphatic imine (C=N–C) groups is 3. The maximum absolute atomic E-state index is 14.0. The molecule has 0 aromatic carbocycles. The average molecular weight is 380 g/mol. The predicted octanol–water partition coefficient (Wildman–Crippen LogP) is 3.76. The van der Waals surface area contributed by atoms with Crippen LogP contribution >= 0.6 is 0 Å². The smallest absolute Gasteiger partial charge is 0.212 e. The first-order valence-electron chi connectivity index (χ1n) is 8.27. The lowest BCUT2D eigenvalue weighted by molar-refractivity contribution is 0.407. The molecule has 0 aliphatic heterocycles. The minimum Gasteiger partial charge on any atom is -0.481 e. The van der Waals surface area contributed by atoms with Gasteiger partial charge in [-0.1, -0.05) is 25.3 Å². The van der Waals surface area contributed by atoms with Gasteiger partial charge in [-0.15, -0.1) is 0 Å². The molecule has 28 heavy (non-hydrogen) atoms. The van der Waals surface area contributed by atoms with Crippen molar-refractivity contribution in [3.8, 4) is 0 Å². The van der Waals surface area contributed by atoms with E-state index in [0.29, 0.717) is 11.4 Å². The van der Waals surface area contributed by atoms with Crippen molar-refractivity contribution in [1.29, 1.82) is 0 Å². The van der Waals surface area contributed by atoms with Crippen molar-refractivity contribution in [2.45, 2.75) is 6.92 Å². The number of halogens is 1. The lowest BCUT2D eigenvalue weighted by Crippen LogP contribution is -2.18. The number of amidine groups is 2. The SMILES string of the molecule is C=CC(=N/C(=C\C)C(N)=NC(=Nc1ccncc1F)c1cc(C=C)c[nH]1)OC. The number of nitrogens with zero attached hydrogens (tertiary/aromatic N) is 4. The third-order valence-electron chi connectivity index (χ3n) is 3.54. The van der Waals surface area contributed by atoms with E-state index >= 15 is 0 Å². The van der Waals surface area contributed by atoms with Crippen LogP contribution in [0.25, 0.3) is 6.08 Å². The molecule has 2 heterocycles. The molecule has 144 valence electrons. The third kappa shape index (κ3) is 5.10. The second-order valence-corrected chi connectivity index (χ2v) is 5.34. The van der Waals surface area contributed by atoms with E-state index < -0.39 is 5.82 Å². The molecule has 0 saturated carbocycles. The van der Waals surface area contributed by atoms with Crippen molar-refractivity contribution < 1.29 is 9.13 Å². The van der Waals surface area contributed by atoms with E-state index in [1.807, 2.05) is 0 Å². The van der Waals surface area contributed by atoms with Gasteiger partial charge in [-0.2, -0.15) is 0 Å². The van der Waals surface area contributed by atoms with Crippen LogP contribution in [0.5, 0.6) is 0 Å². The number of methoxy groups -OCH3 is 1. The fraction of sp³-hybridized carbons (Fsp3) is 0.100. The zero-order valence-corrected chi connectivity index (χ0v) is 15.7. The topological polar surface area (TPSA) is 101 Å². The summed E-state index contributed by atoms with van der Waals surface area (Å²) >= 11 is 0. The number of aromatic amines is 1. The highest BCUT2D eigenvalue weighted by Gasteiger charge is 2.11.